The molecular formula is C14H10BrF2NO. The smallest absolute Gasteiger partial charge is 0.255 e. The highest BCUT2D eigenvalue weighted by Gasteiger charge is 2.09. The van der Waals surface area contributed by atoms with Gasteiger partial charge >= 0.3 is 0 Å². The molecule has 0 aliphatic carbocycles. The Labute approximate surface area is 117 Å². The largest absolute Gasteiger partial charge is 0.322 e. The number of aryl methyl sites for hydroxylation is 1. The summed E-state index contributed by atoms with van der Waals surface area (Å²) in [5.74, 6) is -1.88. The predicted octanol–water partition coefficient (Wildman–Crippen LogP) is 4.29. The van der Waals surface area contributed by atoms with E-state index in [9.17, 15) is 13.6 Å². The first kappa shape index (κ1) is 13.7. The average molecular weight is 326 g/mol. The van der Waals surface area contributed by atoms with Crippen LogP contribution in [0.4, 0.5) is 14.5 Å². The van der Waals surface area contributed by atoms with Gasteiger partial charge in [-0.05, 0) is 42.8 Å². The Balaban J connectivity index is 2.22. The molecule has 19 heavy (non-hydrogen) atoms. The number of benzene rings is 2. The van der Waals surface area contributed by atoms with Crippen LogP contribution in [-0.2, 0) is 0 Å². The molecule has 2 aromatic carbocycles. The van der Waals surface area contributed by atoms with Crippen molar-refractivity contribution < 1.29 is 13.6 Å². The van der Waals surface area contributed by atoms with Gasteiger partial charge in [-0.1, -0.05) is 15.9 Å². The average Bonchev–Trinajstić information content (AvgIpc) is 2.31. The molecule has 0 saturated heterocycles. The minimum absolute atomic E-state index is 0.0862. The van der Waals surface area contributed by atoms with E-state index in [2.05, 4.69) is 21.2 Å². The summed E-state index contributed by atoms with van der Waals surface area (Å²) < 4.78 is 26.9. The van der Waals surface area contributed by atoms with Gasteiger partial charge in [-0.25, -0.2) is 8.78 Å². The van der Waals surface area contributed by atoms with Crippen molar-refractivity contribution in [3.8, 4) is 0 Å². The number of nitrogens with one attached hydrogen (secondary N) is 1. The second kappa shape index (κ2) is 5.48. The van der Waals surface area contributed by atoms with Gasteiger partial charge in [0.1, 0.15) is 11.6 Å². The third-order valence-corrected chi connectivity index (χ3v) is 3.43. The van der Waals surface area contributed by atoms with E-state index in [-0.39, 0.29) is 5.69 Å². The summed E-state index contributed by atoms with van der Waals surface area (Å²) in [7, 11) is 0. The molecule has 0 aromatic heterocycles. The second-order valence-electron chi connectivity index (χ2n) is 4.08. The van der Waals surface area contributed by atoms with Crippen molar-refractivity contribution in [3.05, 3.63) is 63.6 Å². The van der Waals surface area contributed by atoms with Crippen LogP contribution in [0.3, 0.4) is 0 Å². The fourth-order valence-corrected chi connectivity index (χ4v) is 1.86. The standard InChI is InChI=1S/C14H10BrF2NO/c1-8-4-9(2-3-13(8)15)14(19)18-12-6-10(16)5-11(17)7-12/h2-7H,1H3,(H,18,19). The number of carbonyl (C=O) groups excluding carboxylic acids is 1. The zero-order valence-corrected chi connectivity index (χ0v) is 11.6. The Hall–Kier alpha value is -1.75. The summed E-state index contributed by atoms with van der Waals surface area (Å²) in [5, 5.41) is 2.45. The van der Waals surface area contributed by atoms with Crippen molar-refractivity contribution >= 4 is 27.5 Å². The van der Waals surface area contributed by atoms with E-state index in [1.165, 1.54) is 0 Å². The Kier molecular flexibility index (Phi) is 3.95. The van der Waals surface area contributed by atoms with Crippen molar-refractivity contribution in [3.63, 3.8) is 0 Å². The van der Waals surface area contributed by atoms with Crippen molar-refractivity contribution in [2.24, 2.45) is 0 Å². The Morgan fingerprint density at radius 2 is 1.74 bits per heavy atom. The molecule has 0 bridgehead atoms. The second-order valence-corrected chi connectivity index (χ2v) is 4.93. The highest BCUT2D eigenvalue weighted by atomic mass is 79.9. The highest BCUT2D eigenvalue weighted by molar-refractivity contribution is 9.10. The first-order valence-electron chi connectivity index (χ1n) is 5.49. The van der Waals surface area contributed by atoms with Gasteiger partial charge < -0.3 is 5.32 Å². The Morgan fingerprint density at radius 3 is 2.32 bits per heavy atom. The van der Waals surface area contributed by atoms with Gasteiger partial charge in [0.25, 0.3) is 5.91 Å². The molecule has 0 saturated carbocycles. The van der Waals surface area contributed by atoms with Gasteiger partial charge in [0.05, 0.1) is 0 Å². The van der Waals surface area contributed by atoms with Gasteiger partial charge in [-0.15, -0.1) is 0 Å². The van der Waals surface area contributed by atoms with Crippen molar-refractivity contribution in [2.75, 3.05) is 5.32 Å². The van der Waals surface area contributed by atoms with Gasteiger partial charge in [0, 0.05) is 21.8 Å². The van der Waals surface area contributed by atoms with Crippen LogP contribution < -0.4 is 5.32 Å². The predicted molar refractivity (Wildman–Crippen MR) is 73.2 cm³/mol. The third-order valence-electron chi connectivity index (χ3n) is 2.54. The lowest BCUT2D eigenvalue weighted by Gasteiger charge is -2.07. The summed E-state index contributed by atoms with van der Waals surface area (Å²) in [4.78, 5) is 11.9. The molecule has 0 fully saturated rings. The molecule has 0 spiro atoms. The van der Waals surface area contributed by atoms with Gasteiger partial charge in [-0.3, -0.25) is 4.79 Å². The van der Waals surface area contributed by atoms with Crippen LogP contribution >= 0.6 is 15.9 Å². The molecule has 0 atom stereocenters. The Bertz CT molecular complexity index is 623. The van der Waals surface area contributed by atoms with Crippen LogP contribution in [0, 0.1) is 18.6 Å². The molecule has 98 valence electrons. The van der Waals surface area contributed by atoms with Crippen molar-refractivity contribution in [2.45, 2.75) is 6.92 Å². The number of hydrogen-bond acceptors (Lipinski definition) is 1. The molecule has 1 amide bonds. The lowest BCUT2D eigenvalue weighted by Crippen LogP contribution is -2.12. The van der Waals surface area contributed by atoms with Crippen LogP contribution in [0.15, 0.2) is 40.9 Å². The monoisotopic (exact) mass is 325 g/mol. The SMILES string of the molecule is Cc1cc(C(=O)Nc2cc(F)cc(F)c2)ccc1Br. The van der Waals surface area contributed by atoms with Crippen LogP contribution in [-0.4, -0.2) is 5.91 Å². The first-order chi connectivity index (χ1) is 8.95. The number of amides is 1. The minimum atomic E-state index is -0.734. The summed E-state index contributed by atoms with van der Waals surface area (Å²) in [5.41, 5.74) is 1.41. The topological polar surface area (TPSA) is 29.1 Å². The maximum atomic E-state index is 13.0. The van der Waals surface area contributed by atoms with Gasteiger partial charge in [-0.2, -0.15) is 0 Å². The maximum Gasteiger partial charge on any atom is 0.255 e. The molecule has 2 aromatic rings. The summed E-state index contributed by atoms with van der Waals surface area (Å²) in [6.45, 7) is 1.85. The molecule has 2 nitrogen and oxygen atoms in total. The summed E-state index contributed by atoms with van der Waals surface area (Å²) in [6, 6.07) is 7.94. The van der Waals surface area contributed by atoms with Crippen LogP contribution in [0.5, 0.6) is 0 Å². The third kappa shape index (κ3) is 3.38. The lowest BCUT2D eigenvalue weighted by molar-refractivity contribution is 0.102. The Morgan fingerprint density at radius 1 is 1.11 bits per heavy atom. The molecule has 0 radical (unpaired) electrons. The highest BCUT2D eigenvalue weighted by Crippen LogP contribution is 2.19. The maximum absolute atomic E-state index is 13.0. The van der Waals surface area contributed by atoms with E-state index >= 15 is 0 Å². The molecule has 0 heterocycles. The quantitative estimate of drug-likeness (QED) is 0.876. The molecule has 5 heteroatoms. The number of rotatable bonds is 2. The number of hydrogen-bond donors (Lipinski definition) is 1. The van der Waals surface area contributed by atoms with E-state index in [0.717, 1.165) is 28.2 Å². The van der Waals surface area contributed by atoms with Crippen LogP contribution in [0.2, 0.25) is 0 Å². The molecular weight excluding hydrogens is 316 g/mol. The molecule has 0 aliphatic heterocycles. The zero-order valence-electron chi connectivity index (χ0n) is 10.0. The lowest BCUT2D eigenvalue weighted by atomic mass is 10.1. The number of halogens is 3. The first-order valence-corrected chi connectivity index (χ1v) is 6.28. The van der Waals surface area contributed by atoms with Crippen LogP contribution in [0.1, 0.15) is 15.9 Å². The van der Waals surface area contributed by atoms with E-state index in [4.69, 9.17) is 0 Å². The number of anilines is 1. The zero-order chi connectivity index (χ0) is 14.0. The van der Waals surface area contributed by atoms with Crippen LogP contribution in [0.25, 0.3) is 0 Å². The van der Waals surface area contributed by atoms with E-state index in [1.807, 2.05) is 6.92 Å². The molecule has 0 unspecified atom stereocenters. The fourth-order valence-electron chi connectivity index (χ4n) is 1.62. The van der Waals surface area contributed by atoms with Crippen molar-refractivity contribution in [1.82, 2.24) is 0 Å². The normalized spacial score (nSPS) is 10.3. The minimum Gasteiger partial charge on any atom is -0.322 e. The summed E-state index contributed by atoms with van der Waals surface area (Å²) in [6.07, 6.45) is 0. The summed E-state index contributed by atoms with van der Waals surface area (Å²) >= 11 is 3.33. The number of carbonyl (C=O) groups is 1. The molecule has 0 aliphatic rings. The van der Waals surface area contributed by atoms with E-state index in [0.29, 0.717) is 5.56 Å². The molecule has 2 rings (SSSR count). The van der Waals surface area contributed by atoms with E-state index in [1.54, 1.807) is 18.2 Å². The fraction of sp³-hybridized carbons (Fsp3) is 0.0714. The van der Waals surface area contributed by atoms with E-state index < -0.39 is 17.5 Å². The van der Waals surface area contributed by atoms with Gasteiger partial charge in [0.2, 0.25) is 0 Å². The van der Waals surface area contributed by atoms with Crippen molar-refractivity contribution in [1.29, 1.82) is 0 Å². The molecule has 1 N–H and O–H groups in total. The van der Waals surface area contributed by atoms with Gasteiger partial charge in [0.15, 0.2) is 0 Å².